The number of nitrogens with zero attached hydrogens (tertiary/aromatic N) is 4. The van der Waals surface area contributed by atoms with E-state index in [9.17, 15) is 10.1 Å². The molecule has 1 amide bonds. The molecule has 1 atom stereocenters. The molecule has 6 heteroatoms. The largest absolute Gasteiger partial charge is 0.345 e. The van der Waals surface area contributed by atoms with Gasteiger partial charge in [-0.2, -0.15) is 5.26 Å². The van der Waals surface area contributed by atoms with Gasteiger partial charge in [0.1, 0.15) is 24.3 Å². The first-order valence-electron chi connectivity index (χ1n) is 7.34. The SMILES string of the molecule is CCCC(NC(=O)/C(C#N)=C/c1ncncn1)c1ccccc1. The van der Waals surface area contributed by atoms with E-state index in [1.165, 1.54) is 18.7 Å². The Hall–Kier alpha value is -3.07. The van der Waals surface area contributed by atoms with E-state index < -0.39 is 5.91 Å². The van der Waals surface area contributed by atoms with E-state index in [-0.39, 0.29) is 17.4 Å². The number of hydrogen-bond donors (Lipinski definition) is 1. The van der Waals surface area contributed by atoms with Crippen molar-refractivity contribution in [2.75, 3.05) is 0 Å². The van der Waals surface area contributed by atoms with Gasteiger partial charge in [0.2, 0.25) is 0 Å². The predicted octanol–water partition coefficient (Wildman–Crippen LogP) is 2.44. The van der Waals surface area contributed by atoms with Crippen molar-refractivity contribution in [1.82, 2.24) is 20.3 Å². The van der Waals surface area contributed by atoms with Gasteiger partial charge in [0.25, 0.3) is 5.91 Å². The van der Waals surface area contributed by atoms with Gasteiger partial charge in [-0.3, -0.25) is 4.79 Å². The lowest BCUT2D eigenvalue weighted by molar-refractivity contribution is -0.117. The number of benzene rings is 1. The van der Waals surface area contributed by atoms with E-state index in [4.69, 9.17) is 0 Å². The maximum atomic E-state index is 12.4. The van der Waals surface area contributed by atoms with Crippen molar-refractivity contribution >= 4 is 12.0 Å². The molecule has 0 aliphatic heterocycles. The van der Waals surface area contributed by atoms with Crippen LogP contribution in [0.1, 0.15) is 37.2 Å². The zero-order valence-corrected chi connectivity index (χ0v) is 12.8. The number of carbonyl (C=O) groups excluding carboxylic acids is 1. The Balaban J connectivity index is 2.17. The minimum absolute atomic E-state index is 0.0340. The lowest BCUT2D eigenvalue weighted by atomic mass is 10.0. The van der Waals surface area contributed by atoms with E-state index in [1.54, 1.807) is 0 Å². The molecule has 1 heterocycles. The van der Waals surface area contributed by atoms with Gasteiger partial charge in [-0.15, -0.1) is 0 Å². The van der Waals surface area contributed by atoms with Gasteiger partial charge >= 0.3 is 0 Å². The highest BCUT2D eigenvalue weighted by Crippen LogP contribution is 2.18. The molecule has 0 aliphatic rings. The first-order valence-corrected chi connectivity index (χ1v) is 7.34. The summed E-state index contributed by atoms with van der Waals surface area (Å²) in [5.41, 5.74) is 0.980. The molecule has 6 nitrogen and oxygen atoms in total. The molecule has 1 aromatic carbocycles. The van der Waals surface area contributed by atoms with E-state index >= 15 is 0 Å². The molecule has 0 aliphatic carbocycles. The molecule has 0 saturated carbocycles. The molecule has 0 bridgehead atoms. The van der Waals surface area contributed by atoms with Crippen LogP contribution in [0.25, 0.3) is 6.08 Å². The van der Waals surface area contributed by atoms with Gasteiger partial charge in [-0.25, -0.2) is 15.0 Å². The van der Waals surface area contributed by atoms with Crippen LogP contribution in [-0.4, -0.2) is 20.9 Å². The number of aromatic nitrogens is 3. The smallest absolute Gasteiger partial charge is 0.262 e. The number of rotatable bonds is 6. The van der Waals surface area contributed by atoms with Crippen molar-refractivity contribution in [3.63, 3.8) is 0 Å². The minimum Gasteiger partial charge on any atom is -0.345 e. The van der Waals surface area contributed by atoms with Gasteiger partial charge in [0.15, 0.2) is 5.82 Å². The Bertz CT molecular complexity index is 707. The van der Waals surface area contributed by atoms with Crippen molar-refractivity contribution in [2.45, 2.75) is 25.8 Å². The van der Waals surface area contributed by atoms with Gasteiger partial charge in [0, 0.05) is 6.08 Å². The summed E-state index contributed by atoms with van der Waals surface area (Å²) in [5.74, 6) is -0.159. The van der Waals surface area contributed by atoms with Crippen LogP contribution in [0.5, 0.6) is 0 Å². The Morgan fingerprint density at radius 2 is 2.00 bits per heavy atom. The Morgan fingerprint density at radius 1 is 1.30 bits per heavy atom. The van der Waals surface area contributed by atoms with E-state index in [0.717, 1.165) is 18.4 Å². The maximum Gasteiger partial charge on any atom is 0.262 e. The number of hydrogen-bond acceptors (Lipinski definition) is 5. The van der Waals surface area contributed by atoms with Crippen LogP contribution in [0.2, 0.25) is 0 Å². The van der Waals surface area contributed by atoms with Crippen molar-refractivity contribution in [3.8, 4) is 6.07 Å². The number of nitrogens with one attached hydrogen (secondary N) is 1. The molecule has 0 radical (unpaired) electrons. The van der Waals surface area contributed by atoms with Crippen molar-refractivity contribution in [2.24, 2.45) is 0 Å². The van der Waals surface area contributed by atoms with E-state index in [0.29, 0.717) is 0 Å². The summed E-state index contributed by atoms with van der Waals surface area (Å²) in [6.07, 6.45) is 5.69. The molecular weight excluding hydrogens is 290 g/mol. The van der Waals surface area contributed by atoms with Crippen molar-refractivity contribution in [1.29, 1.82) is 5.26 Å². The van der Waals surface area contributed by atoms with E-state index in [1.807, 2.05) is 43.3 Å². The minimum atomic E-state index is -0.435. The highest BCUT2D eigenvalue weighted by atomic mass is 16.1. The van der Waals surface area contributed by atoms with Crippen LogP contribution in [-0.2, 0) is 4.79 Å². The molecule has 23 heavy (non-hydrogen) atoms. The molecule has 0 fully saturated rings. The van der Waals surface area contributed by atoms with Crippen molar-refractivity contribution < 1.29 is 4.79 Å². The topological polar surface area (TPSA) is 91.6 Å². The lowest BCUT2D eigenvalue weighted by Gasteiger charge is -2.18. The fraction of sp³-hybridized carbons (Fsp3) is 0.235. The summed E-state index contributed by atoms with van der Waals surface area (Å²) in [6, 6.07) is 11.5. The molecule has 1 unspecified atom stereocenters. The number of amides is 1. The van der Waals surface area contributed by atoms with Crippen LogP contribution in [0.15, 0.2) is 48.6 Å². The molecule has 0 saturated heterocycles. The normalized spacial score (nSPS) is 12.3. The molecule has 2 aromatic rings. The third kappa shape index (κ3) is 4.71. The molecular formula is C17H17N5O. The first kappa shape index (κ1) is 16.3. The molecule has 1 aromatic heterocycles. The number of nitriles is 1. The van der Waals surface area contributed by atoms with Crippen LogP contribution in [0, 0.1) is 11.3 Å². The summed E-state index contributed by atoms with van der Waals surface area (Å²) in [7, 11) is 0. The summed E-state index contributed by atoms with van der Waals surface area (Å²) < 4.78 is 0. The second-order valence-corrected chi connectivity index (χ2v) is 4.89. The summed E-state index contributed by atoms with van der Waals surface area (Å²) in [6.45, 7) is 2.05. The summed E-state index contributed by atoms with van der Waals surface area (Å²) in [4.78, 5) is 23.9. The second-order valence-electron chi connectivity index (χ2n) is 4.89. The highest BCUT2D eigenvalue weighted by Gasteiger charge is 2.17. The monoisotopic (exact) mass is 307 g/mol. The lowest BCUT2D eigenvalue weighted by Crippen LogP contribution is -2.29. The summed E-state index contributed by atoms with van der Waals surface area (Å²) >= 11 is 0. The average Bonchev–Trinajstić information content (AvgIpc) is 2.61. The zero-order chi connectivity index (χ0) is 16.5. The van der Waals surface area contributed by atoms with Gasteiger partial charge in [-0.05, 0) is 12.0 Å². The molecule has 1 N–H and O–H groups in total. The van der Waals surface area contributed by atoms with Crippen LogP contribution < -0.4 is 5.32 Å². The second kappa shape index (κ2) is 8.39. The predicted molar refractivity (Wildman–Crippen MR) is 85.7 cm³/mol. The third-order valence-electron chi connectivity index (χ3n) is 3.24. The van der Waals surface area contributed by atoms with Gasteiger partial charge in [0.05, 0.1) is 6.04 Å². The first-order chi connectivity index (χ1) is 11.2. The quantitative estimate of drug-likeness (QED) is 0.653. The third-order valence-corrected chi connectivity index (χ3v) is 3.24. The average molecular weight is 307 g/mol. The molecule has 2 rings (SSSR count). The van der Waals surface area contributed by atoms with Crippen LogP contribution >= 0.6 is 0 Å². The highest BCUT2D eigenvalue weighted by molar-refractivity contribution is 6.01. The molecule has 0 spiro atoms. The number of carbonyl (C=O) groups is 1. The van der Waals surface area contributed by atoms with Crippen LogP contribution in [0.3, 0.4) is 0 Å². The maximum absolute atomic E-state index is 12.4. The standard InChI is InChI=1S/C17H17N5O/c1-2-6-15(13-7-4-3-5-8-13)22-17(23)14(10-18)9-16-20-11-19-12-21-16/h3-5,7-9,11-12,15H,2,6H2,1H3,(H,22,23)/b14-9+. The summed E-state index contributed by atoms with van der Waals surface area (Å²) in [5, 5.41) is 12.1. The van der Waals surface area contributed by atoms with Gasteiger partial charge in [-0.1, -0.05) is 43.7 Å². The van der Waals surface area contributed by atoms with Crippen LogP contribution in [0.4, 0.5) is 0 Å². The van der Waals surface area contributed by atoms with Gasteiger partial charge < -0.3 is 5.32 Å². The van der Waals surface area contributed by atoms with E-state index in [2.05, 4.69) is 20.3 Å². The Kier molecular flexibility index (Phi) is 5.95. The fourth-order valence-electron chi connectivity index (χ4n) is 2.13. The fourth-order valence-corrected chi connectivity index (χ4v) is 2.13. The Labute approximate surface area is 134 Å². The molecule has 116 valence electrons. The Morgan fingerprint density at radius 3 is 2.61 bits per heavy atom. The zero-order valence-electron chi connectivity index (χ0n) is 12.8. The van der Waals surface area contributed by atoms with Crippen molar-refractivity contribution in [3.05, 3.63) is 59.9 Å².